The molecule has 2 aromatic heterocycles. The van der Waals surface area contributed by atoms with Crippen LogP contribution < -0.4 is 5.32 Å². The van der Waals surface area contributed by atoms with Gasteiger partial charge >= 0.3 is 0 Å². The molecule has 8 nitrogen and oxygen atoms in total. The number of rotatable bonds is 6. The topological polar surface area (TPSA) is 83.4 Å². The third kappa shape index (κ3) is 4.12. The lowest BCUT2D eigenvalue weighted by Crippen LogP contribution is -2.44. The Morgan fingerprint density at radius 2 is 2.07 bits per heavy atom. The van der Waals surface area contributed by atoms with Gasteiger partial charge in [0.2, 0.25) is 11.8 Å². The van der Waals surface area contributed by atoms with Crippen LogP contribution in [0.2, 0.25) is 0 Å². The van der Waals surface area contributed by atoms with E-state index in [0.29, 0.717) is 19.6 Å². The number of amides is 2. The van der Waals surface area contributed by atoms with E-state index in [4.69, 9.17) is 5.10 Å². The fraction of sp³-hybridized carbons (Fsp3) is 0.619. The van der Waals surface area contributed by atoms with Gasteiger partial charge in [-0.1, -0.05) is 0 Å². The van der Waals surface area contributed by atoms with Crippen LogP contribution in [-0.2, 0) is 16.1 Å². The summed E-state index contributed by atoms with van der Waals surface area (Å²) in [6, 6.07) is 3.89. The molecule has 0 aliphatic carbocycles. The normalized spacial score (nSPS) is 21.0. The summed E-state index contributed by atoms with van der Waals surface area (Å²) in [5, 5.41) is 8.93. The number of nitrogens with one attached hydrogen (secondary N) is 1. The van der Waals surface area contributed by atoms with Gasteiger partial charge in [-0.25, -0.2) is 9.67 Å². The standard InChI is InChI=1S/C21H30N6O2/c1-15(25-10-3-4-11-25)21(29)23-9-13-27-20-18(6-5-8-22-20)19(24-27)17-7-12-26(14-17)16(2)28/h5-6,8,15,17H,3-4,7,9-14H2,1-2H3,(H,23,29)/t15-,17-/m1/s1. The lowest BCUT2D eigenvalue weighted by atomic mass is 10.0. The van der Waals surface area contributed by atoms with Gasteiger partial charge in [0.1, 0.15) is 0 Å². The molecule has 0 bridgehead atoms. The average Bonchev–Trinajstić information content (AvgIpc) is 3.47. The minimum atomic E-state index is -0.0865. The molecule has 4 rings (SSSR count). The lowest BCUT2D eigenvalue weighted by molar-refractivity contribution is -0.128. The van der Waals surface area contributed by atoms with E-state index in [0.717, 1.165) is 42.8 Å². The summed E-state index contributed by atoms with van der Waals surface area (Å²) < 4.78 is 1.89. The van der Waals surface area contributed by atoms with E-state index in [1.807, 2.05) is 28.6 Å². The summed E-state index contributed by atoms with van der Waals surface area (Å²) in [4.78, 5) is 32.8. The Kier molecular flexibility index (Phi) is 5.80. The number of hydrogen-bond acceptors (Lipinski definition) is 5. The van der Waals surface area contributed by atoms with Gasteiger partial charge in [-0.2, -0.15) is 5.10 Å². The van der Waals surface area contributed by atoms with E-state index >= 15 is 0 Å². The van der Waals surface area contributed by atoms with Gasteiger partial charge in [0.15, 0.2) is 5.65 Å². The largest absolute Gasteiger partial charge is 0.353 e. The highest BCUT2D eigenvalue weighted by Gasteiger charge is 2.29. The first-order valence-corrected chi connectivity index (χ1v) is 10.6. The monoisotopic (exact) mass is 398 g/mol. The predicted molar refractivity (Wildman–Crippen MR) is 110 cm³/mol. The Labute approximate surface area is 171 Å². The van der Waals surface area contributed by atoms with E-state index in [-0.39, 0.29) is 23.8 Å². The zero-order valence-electron chi connectivity index (χ0n) is 17.3. The summed E-state index contributed by atoms with van der Waals surface area (Å²) in [5.74, 6) is 0.422. The van der Waals surface area contributed by atoms with Crippen molar-refractivity contribution < 1.29 is 9.59 Å². The van der Waals surface area contributed by atoms with Gasteiger partial charge in [0.25, 0.3) is 0 Å². The number of carbonyl (C=O) groups excluding carboxylic acids is 2. The first-order valence-electron chi connectivity index (χ1n) is 10.6. The Hall–Kier alpha value is -2.48. The van der Waals surface area contributed by atoms with E-state index < -0.39 is 0 Å². The summed E-state index contributed by atoms with van der Waals surface area (Å²) in [7, 11) is 0. The van der Waals surface area contributed by atoms with Crippen LogP contribution in [-0.4, -0.2) is 75.1 Å². The molecule has 2 saturated heterocycles. The molecule has 2 fully saturated rings. The molecule has 156 valence electrons. The van der Waals surface area contributed by atoms with Crippen molar-refractivity contribution in [2.24, 2.45) is 0 Å². The van der Waals surface area contributed by atoms with E-state index in [1.54, 1.807) is 13.1 Å². The van der Waals surface area contributed by atoms with Crippen molar-refractivity contribution in [1.82, 2.24) is 29.9 Å². The van der Waals surface area contributed by atoms with Crippen LogP contribution >= 0.6 is 0 Å². The Balaban J connectivity index is 1.43. The molecule has 4 heterocycles. The Morgan fingerprint density at radius 1 is 1.28 bits per heavy atom. The van der Waals surface area contributed by atoms with Gasteiger partial charge < -0.3 is 10.2 Å². The second kappa shape index (κ2) is 8.49. The lowest BCUT2D eigenvalue weighted by Gasteiger charge is -2.22. The smallest absolute Gasteiger partial charge is 0.237 e. The molecule has 29 heavy (non-hydrogen) atoms. The van der Waals surface area contributed by atoms with Gasteiger partial charge in [0, 0.05) is 44.1 Å². The number of nitrogens with zero attached hydrogens (tertiary/aromatic N) is 5. The van der Waals surface area contributed by atoms with Gasteiger partial charge in [-0.3, -0.25) is 14.5 Å². The van der Waals surface area contributed by atoms with Crippen LogP contribution in [0.1, 0.15) is 44.7 Å². The average molecular weight is 399 g/mol. The molecule has 1 N–H and O–H groups in total. The highest BCUT2D eigenvalue weighted by atomic mass is 16.2. The van der Waals surface area contributed by atoms with E-state index in [1.165, 1.54) is 12.8 Å². The van der Waals surface area contributed by atoms with E-state index in [9.17, 15) is 9.59 Å². The molecule has 0 unspecified atom stereocenters. The number of aromatic nitrogens is 3. The highest BCUT2D eigenvalue weighted by molar-refractivity contribution is 5.81. The SMILES string of the molecule is CC(=O)N1CC[C@@H](c2nn(CCNC(=O)[C@@H](C)N3CCCC3)c3ncccc23)C1. The third-order valence-electron chi connectivity index (χ3n) is 6.25. The number of hydrogen-bond donors (Lipinski definition) is 1. The van der Waals surface area contributed by atoms with Crippen molar-refractivity contribution in [3.63, 3.8) is 0 Å². The molecule has 2 aliphatic rings. The molecule has 2 amide bonds. The van der Waals surface area contributed by atoms with Crippen molar-refractivity contribution in [2.75, 3.05) is 32.7 Å². The van der Waals surface area contributed by atoms with Crippen molar-refractivity contribution in [2.45, 2.75) is 51.6 Å². The van der Waals surface area contributed by atoms with Crippen LogP contribution in [0.25, 0.3) is 11.0 Å². The fourth-order valence-corrected chi connectivity index (χ4v) is 4.49. The minimum absolute atomic E-state index is 0.0736. The summed E-state index contributed by atoms with van der Waals surface area (Å²) in [6.07, 6.45) is 5.04. The van der Waals surface area contributed by atoms with Gasteiger partial charge in [0.05, 0.1) is 18.3 Å². The molecular weight excluding hydrogens is 368 g/mol. The molecule has 0 saturated carbocycles. The number of carbonyl (C=O) groups is 2. The van der Waals surface area contributed by atoms with Gasteiger partial charge in [-0.15, -0.1) is 0 Å². The fourth-order valence-electron chi connectivity index (χ4n) is 4.49. The molecule has 0 radical (unpaired) electrons. The van der Waals surface area contributed by atoms with Crippen molar-refractivity contribution in [3.8, 4) is 0 Å². The van der Waals surface area contributed by atoms with Crippen LogP contribution in [0, 0.1) is 0 Å². The zero-order chi connectivity index (χ0) is 20.4. The minimum Gasteiger partial charge on any atom is -0.353 e. The van der Waals surface area contributed by atoms with Crippen LogP contribution in [0.4, 0.5) is 0 Å². The van der Waals surface area contributed by atoms with Crippen LogP contribution in [0.5, 0.6) is 0 Å². The summed E-state index contributed by atoms with van der Waals surface area (Å²) in [6.45, 7) is 8.19. The molecule has 0 aromatic carbocycles. The molecule has 2 aliphatic heterocycles. The number of fused-ring (bicyclic) bond motifs is 1. The first kappa shape index (κ1) is 19.8. The second-order valence-electron chi connectivity index (χ2n) is 8.14. The van der Waals surface area contributed by atoms with Crippen molar-refractivity contribution in [3.05, 3.63) is 24.0 Å². The number of likely N-dealkylation sites (tertiary alicyclic amines) is 2. The van der Waals surface area contributed by atoms with E-state index in [2.05, 4.69) is 15.2 Å². The van der Waals surface area contributed by atoms with Gasteiger partial charge in [-0.05, 0) is 51.4 Å². The van der Waals surface area contributed by atoms with Crippen LogP contribution in [0.3, 0.4) is 0 Å². The highest BCUT2D eigenvalue weighted by Crippen LogP contribution is 2.31. The Morgan fingerprint density at radius 3 is 2.79 bits per heavy atom. The maximum atomic E-state index is 12.5. The molecule has 2 aromatic rings. The quantitative estimate of drug-likeness (QED) is 0.795. The zero-order valence-corrected chi connectivity index (χ0v) is 17.3. The predicted octanol–water partition coefficient (Wildman–Crippen LogP) is 1.37. The molecule has 8 heteroatoms. The third-order valence-corrected chi connectivity index (χ3v) is 6.25. The maximum absolute atomic E-state index is 12.5. The van der Waals surface area contributed by atoms with Crippen LogP contribution in [0.15, 0.2) is 18.3 Å². The number of pyridine rings is 1. The summed E-state index contributed by atoms with van der Waals surface area (Å²) in [5.41, 5.74) is 1.85. The maximum Gasteiger partial charge on any atom is 0.237 e. The van der Waals surface area contributed by atoms with Crippen molar-refractivity contribution in [1.29, 1.82) is 0 Å². The Bertz CT molecular complexity index is 888. The van der Waals surface area contributed by atoms with Crippen molar-refractivity contribution >= 4 is 22.8 Å². The molecule has 0 spiro atoms. The first-order chi connectivity index (χ1) is 14.0. The molecule has 2 atom stereocenters. The summed E-state index contributed by atoms with van der Waals surface area (Å²) >= 11 is 0. The second-order valence-corrected chi connectivity index (χ2v) is 8.14. The molecular formula is C21H30N6O2.